The molecule has 2 aromatic rings. The molecule has 1 aromatic carbocycles. The Morgan fingerprint density at radius 1 is 1.18 bits per heavy atom. The summed E-state index contributed by atoms with van der Waals surface area (Å²) in [6.07, 6.45) is 3.48. The van der Waals surface area contributed by atoms with Gasteiger partial charge in [0.25, 0.3) is 0 Å². The highest BCUT2D eigenvalue weighted by Crippen LogP contribution is 2.21. The monoisotopic (exact) mass is 421 g/mol. The van der Waals surface area contributed by atoms with Crippen molar-refractivity contribution >= 4 is 22.2 Å². The van der Waals surface area contributed by atoms with Gasteiger partial charge in [0.05, 0.1) is 11.6 Å². The highest BCUT2D eigenvalue weighted by Gasteiger charge is 2.28. The summed E-state index contributed by atoms with van der Waals surface area (Å²) in [4.78, 5) is 2.52. The molecular weight excluding hydrogens is 394 g/mol. The third-order valence-corrected chi connectivity index (χ3v) is 7.33. The van der Waals surface area contributed by atoms with Gasteiger partial charge in [-0.3, -0.25) is 4.90 Å². The van der Waals surface area contributed by atoms with E-state index in [1.807, 2.05) is 16.7 Å². The Morgan fingerprint density at radius 3 is 2.39 bits per heavy atom. The van der Waals surface area contributed by atoms with Gasteiger partial charge in [0.15, 0.2) is 4.77 Å². The standard InChI is InChI=1S/C19H27N5O2S2/c1-4-9-22-14-20-24(19(22)27)15-21-10-12-23(13-11-21)28(25,26)18-7-5-17(6-8-18)16(2)3/h4-8,14,16H,1,9-13,15H2,2-3H3. The molecule has 0 bridgehead atoms. The minimum atomic E-state index is -3.46. The lowest BCUT2D eigenvalue weighted by Crippen LogP contribution is -2.48. The number of benzene rings is 1. The molecule has 0 radical (unpaired) electrons. The normalized spacial score (nSPS) is 16.5. The number of aromatic nitrogens is 3. The lowest BCUT2D eigenvalue weighted by molar-refractivity contribution is 0.144. The molecule has 152 valence electrons. The van der Waals surface area contributed by atoms with E-state index in [9.17, 15) is 8.42 Å². The first-order chi connectivity index (χ1) is 13.3. The Labute approximate surface area is 171 Å². The first-order valence-corrected chi connectivity index (χ1v) is 11.2. The van der Waals surface area contributed by atoms with E-state index < -0.39 is 10.0 Å². The van der Waals surface area contributed by atoms with E-state index in [2.05, 4.69) is 30.4 Å². The molecular formula is C19H27N5O2S2. The fourth-order valence-corrected chi connectivity index (χ4v) is 4.86. The minimum Gasteiger partial charge on any atom is -0.303 e. The van der Waals surface area contributed by atoms with Crippen molar-refractivity contribution in [1.29, 1.82) is 0 Å². The molecule has 9 heteroatoms. The number of hydrogen-bond donors (Lipinski definition) is 0. The lowest BCUT2D eigenvalue weighted by Gasteiger charge is -2.33. The molecule has 0 spiro atoms. The molecule has 1 fully saturated rings. The predicted molar refractivity (Wildman–Crippen MR) is 112 cm³/mol. The number of rotatable bonds is 7. The summed E-state index contributed by atoms with van der Waals surface area (Å²) in [7, 11) is -3.46. The van der Waals surface area contributed by atoms with Crippen LogP contribution in [-0.4, -0.2) is 58.1 Å². The molecule has 0 amide bonds. The van der Waals surface area contributed by atoms with Gasteiger partial charge in [-0.25, -0.2) is 13.1 Å². The molecule has 1 aliphatic rings. The predicted octanol–water partition coefficient (Wildman–Crippen LogP) is 2.69. The van der Waals surface area contributed by atoms with Crippen LogP contribution in [0.5, 0.6) is 0 Å². The number of piperazine rings is 1. The highest BCUT2D eigenvalue weighted by molar-refractivity contribution is 7.89. The van der Waals surface area contributed by atoms with Gasteiger partial charge in [-0.1, -0.05) is 32.1 Å². The molecule has 2 heterocycles. The van der Waals surface area contributed by atoms with Gasteiger partial charge in [-0.2, -0.15) is 9.40 Å². The maximum absolute atomic E-state index is 12.9. The molecule has 0 atom stereocenters. The van der Waals surface area contributed by atoms with Crippen molar-refractivity contribution in [2.45, 2.75) is 37.9 Å². The SMILES string of the molecule is C=CCn1cnn(CN2CCN(S(=O)(=O)c3ccc(C(C)C)cc3)CC2)c1=S. The Morgan fingerprint density at radius 2 is 1.82 bits per heavy atom. The van der Waals surface area contributed by atoms with E-state index in [0.29, 0.717) is 55.0 Å². The van der Waals surface area contributed by atoms with Crippen LogP contribution in [0.3, 0.4) is 0 Å². The van der Waals surface area contributed by atoms with Crippen LogP contribution in [0.15, 0.2) is 48.1 Å². The summed E-state index contributed by atoms with van der Waals surface area (Å²) in [5.74, 6) is 0.377. The van der Waals surface area contributed by atoms with Crippen LogP contribution < -0.4 is 0 Å². The fraction of sp³-hybridized carbons (Fsp3) is 0.474. The summed E-state index contributed by atoms with van der Waals surface area (Å²) in [5.41, 5.74) is 1.14. The molecule has 7 nitrogen and oxygen atoms in total. The van der Waals surface area contributed by atoms with Crippen molar-refractivity contribution in [2.75, 3.05) is 26.2 Å². The molecule has 0 saturated carbocycles. The largest absolute Gasteiger partial charge is 0.303 e. The fourth-order valence-electron chi connectivity index (χ4n) is 3.21. The minimum absolute atomic E-state index is 0.357. The van der Waals surface area contributed by atoms with Crippen molar-refractivity contribution in [3.05, 3.63) is 53.6 Å². The van der Waals surface area contributed by atoms with Crippen LogP contribution in [0.4, 0.5) is 0 Å². The second kappa shape index (κ2) is 8.69. The van der Waals surface area contributed by atoms with Crippen molar-refractivity contribution < 1.29 is 8.42 Å². The van der Waals surface area contributed by atoms with Crippen molar-refractivity contribution in [2.24, 2.45) is 0 Å². The lowest BCUT2D eigenvalue weighted by atomic mass is 10.0. The summed E-state index contributed by atoms with van der Waals surface area (Å²) in [6, 6.07) is 7.22. The zero-order valence-corrected chi connectivity index (χ0v) is 18.0. The van der Waals surface area contributed by atoms with Crippen LogP contribution >= 0.6 is 12.2 Å². The van der Waals surface area contributed by atoms with E-state index in [0.717, 1.165) is 5.56 Å². The molecule has 1 saturated heterocycles. The molecule has 0 N–H and O–H groups in total. The maximum atomic E-state index is 12.9. The number of nitrogens with zero attached hydrogens (tertiary/aromatic N) is 5. The van der Waals surface area contributed by atoms with Gasteiger partial charge >= 0.3 is 0 Å². The van der Waals surface area contributed by atoms with Gasteiger partial charge < -0.3 is 4.57 Å². The number of hydrogen-bond acceptors (Lipinski definition) is 5. The summed E-state index contributed by atoms with van der Waals surface area (Å²) in [5, 5.41) is 4.32. The van der Waals surface area contributed by atoms with Crippen molar-refractivity contribution in [1.82, 2.24) is 23.6 Å². The average molecular weight is 422 g/mol. The third-order valence-electron chi connectivity index (χ3n) is 4.97. The molecule has 28 heavy (non-hydrogen) atoms. The van der Waals surface area contributed by atoms with E-state index in [1.165, 1.54) is 0 Å². The quantitative estimate of drug-likeness (QED) is 0.508. The number of sulfonamides is 1. The van der Waals surface area contributed by atoms with E-state index >= 15 is 0 Å². The summed E-state index contributed by atoms with van der Waals surface area (Å²) < 4.78 is 31.7. The van der Waals surface area contributed by atoms with Crippen LogP contribution in [0.25, 0.3) is 0 Å². The van der Waals surface area contributed by atoms with Gasteiger partial charge in [0.1, 0.15) is 6.33 Å². The topological polar surface area (TPSA) is 63.4 Å². The first-order valence-electron chi connectivity index (χ1n) is 9.38. The van der Waals surface area contributed by atoms with Gasteiger partial charge in [0, 0.05) is 32.7 Å². The second-order valence-electron chi connectivity index (χ2n) is 7.24. The summed E-state index contributed by atoms with van der Waals surface area (Å²) in [6.45, 7) is 11.3. The zero-order chi connectivity index (χ0) is 20.3. The molecule has 3 rings (SSSR count). The van der Waals surface area contributed by atoms with E-state index in [4.69, 9.17) is 12.2 Å². The Hall–Kier alpha value is -1.81. The molecule has 0 aliphatic carbocycles. The van der Waals surface area contributed by atoms with E-state index in [-0.39, 0.29) is 0 Å². The Kier molecular flexibility index (Phi) is 6.49. The van der Waals surface area contributed by atoms with Crippen LogP contribution in [0, 0.1) is 4.77 Å². The smallest absolute Gasteiger partial charge is 0.243 e. The highest BCUT2D eigenvalue weighted by atomic mass is 32.2. The molecule has 1 aliphatic heterocycles. The Bertz CT molecular complexity index is 968. The van der Waals surface area contributed by atoms with Gasteiger partial charge in [-0.15, -0.1) is 6.58 Å². The zero-order valence-electron chi connectivity index (χ0n) is 16.4. The second-order valence-corrected chi connectivity index (χ2v) is 9.54. The number of allylic oxidation sites excluding steroid dienone is 1. The Balaban J connectivity index is 1.63. The summed E-state index contributed by atoms with van der Waals surface area (Å²) >= 11 is 5.42. The van der Waals surface area contributed by atoms with Gasteiger partial charge in [-0.05, 0) is 35.8 Å². The molecule has 0 unspecified atom stereocenters. The van der Waals surface area contributed by atoms with E-state index in [1.54, 1.807) is 33.5 Å². The molecule has 1 aromatic heterocycles. The maximum Gasteiger partial charge on any atom is 0.243 e. The third kappa shape index (κ3) is 4.43. The van der Waals surface area contributed by atoms with Crippen LogP contribution in [-0.2, 0) is 23.2 Å². The van der Waals surface area contributed by atoms with Crippen LogP contribution in [0.2, 0.25) is 0 Å². The average Bonchev–Trinajstić information content (AvgIpc) is 3.02. The van der Waals surface area contributed by atoms with Gasteiger partial charge in [0.2, 0.25) is 10.0 Å². The van der Waals surface area contributed by atoms with Crippen LogP contribution in [0.1, 0.15) is 25.3 Å². The first kappa shape index (κ1) is 20.9. The van der Waals surface area contributed by atoms with Crippen molar-refractivity contribution in [3.8, 4) is 0 Å². The van der Waals surface area contributed by atoms with Crippen molar-refractivity contribution in [3.63, 3.8) is 0 Å².